The van der Waals surface area contributed by atoms with Gasteiger partial charge in [0, 0.05) is 25.7 Å². The maximum Gasteiger partial charge on any atom is 0.134 e. The molecule has 1 aliphatic rings. The fraction of sp³-hybridized carbons (Fsp3) is 0.692. The van der Waals surface area contributed by atoms with E-state index in [1.165, 1.54) is 25.9 Å². The molecule has 1 aromatic rings. The van der Waals surface area contributed by atoms with E-state index in [9.17, 15) is 0 Å². The quantitative estimate of drug-likeness (QED) is 0.848. The second kappa shape index (κ2) is 6.00. The van der Waals surface area contributed by atoms with Crippen LogP contribution in [0.3, 0.4) is 0 Å². The first-order chi connectivity index (χ1) is 8.70. The van der Waals surface area contributed by atoms with E-state index in [0.717, 1.165) is 29.7 Å². The number of piperidine rings is 1. The van der Waals surface area contributed by atoms with Crippen LogP contribution in [0.25, 0.3) is 0 Å². The molecule has 2 N–H and O–H groups in total. The number of likely N-dealkylation sites (tertiary alicyclic amines) is 1. The number of anilines is 2. The Balaban J connectivity index is 1.93. The van der Waals surface area contributed by atoms with Crippen LogP contribution in [0.4, 0.5) is 11.6 Å². The Morgan fingerprint density at radius 1 is 1.39 bits per heavy atom. The Morgan fingerprint density at radius 2 is 2.17 bits per heavy atom. The van der Waals surface area contributed by atoms with E-state index < -0.39 is 0 Å². The van der Waals surface area contributed by atoms with Crippen LogP contribution < -0.4 is 10.6 Å². The maximum atomic E-state index is 4.31. The number of rotatable bonds is 4. The van der Waals surface area contributed by atoms with Gasteiger partial charge in [-0.15, -0.1) is 0 Å². The van der Waals surface area contributed by atoms with Crippen LogP contribution >= 0.6 is 0 Å². The van der Waals surface area contributed by atoms with Gasteiger partial charge in [-0.1, -0.05) is 0 Å². The van der Waals surface area contributed by atoms with Gasteiger partial charge in [-0.2, -0.15) is 0 Å². The van der Waals surface area contributed by atoms with Crippen molar-refractivity contribution in [3.63, 3.8) is 0 Å². The fourth-order valence-corrected chi connectivity index (χ4v) is 2.56. The largest absolute Gasteiger partial charge is 0.373 e. The molecule has 0 aliphatic carbocycles. The molecule has 2 heterocycles. The molecule has 18 heavy (non-hydrogen) atoms. The molecular formula is C13H23N5. The molecule has 1 saturated heterocycles. The number of nitrogens with one attached hydrogen (secondary N) is 2. The van der Waals surface area contributed by atoms with Crippen LogP contribution in [0.15, 0.2) is 6.33 Å². The molecule has 1 fully saturated rings. The summed E-state index contributed by atoms with van der Waals surface area (Å²) in [5.41, 5.74) is 1.09. The SMILES string of the molecule is CNc1ncnc(NCC2CCCN(C)C2)c1C. The van der Waals surface area contributed by atoms with Crippen molar-refractivity contribution < 1.29 is 0 Å². The van der Waals surface area contributed by atoms with E-state index in [4.69, 9.17) is 0 Å². The summed E-state index contributed by atoms with van der Waals surface area (Å²) in [6.07, 6.45) is 4.21. The number of hydrogen-bond acceptors (Lipinski definition) is 5. The van der Waals surface area contributed by atoms with Crippen LogP contribution in [0.5, 0.6) is 0 Å². The van der Waals surface area contributed by atoms with Gasteiger partial charge in [-0.05, 0) is 39.3 Å². The van der Waals surface area contributed by atoms with E-state index in [-0.39, 0.29) is 0 Å². The van der Waals surface area contributed by atoms with Crippen molar-refractivity contribution in [3.05, 3.63) is 11.9 Å². The summed E-state index contributed by atoms with van der Waals surface area (Å²) in [5.74, 6) is 2.56. The topological polar surface area (TPSA) is 53.1 Å². The number of nitrogens with zero attached hydrogens (tertiary/aromatic N) is 3. The summed E-state index contributed by atoms with van der Waals surface area (Å²) in [6, 6.07) is 0. The molecule has 1 aromatic heterocycles. The molecule has 0 amide bonds. The Bertz CT molecular complexity index is 393. The van der Waals surface area contributed by atoms with Crippen LogP contribution in [0.1, 0.15) is 18.4 Å². The third-order valence-electron chi connectivity index (χ3n) is 3.60. The molecule has 5 heteroatoms. The van der Waals surface area contributed by atoms with Crippen LogP contribution in [0.2, 0.25) is 0 Å². The molecule has 5 nitrogen and oxygen atoms in total. The van der Waals surface area contributed by atoms with Gasteiger partial charge in [0.2, 0.25) is 0 Å². The van der Waals surface area contributed by atoms with Crippen molar-refractivity contribution in [2.24, 2.45) is 5.92 Å². The van der Waals surface area contributed by atoms with Gasteiger partial charge in [-0.25, -0.2) is 9.97 Å². The monoisotopic (exact) mass is 249 g/mol. The summed E-state index contributed by atoms with van der Waals surface area (Å²) in [4.78, 5) is 10.9. The average molecular weight is 249 g/mol. The molecule has 0 spiro atoms. The lowest BCUT2D eigenvalue weighted by Gasteiger charge is -2.30. The Labute approximate surface area is 109 Å². The highest BCUT2D eigenvalue weighted by molar-refractivity contribution is 5.56. The van der Waals surface area contributed by atoms with Crippen molar-refractivity contribution in [3.8, 4) is 0 Å². The summed E-state index contributed by atoms with van der Waals surface area (Å²) >= 11 is 0. The molecule has 1 atom stereocenters. The molecule has 0 bridgehead atoms. The van der Waals surface area contributed by atoms with Crippen molar-refractivity contribution in [1.82, 2.24) is 14.9 Å². The summed E-state index contributed by atoms with van der Waals surface area (Å²) < 4.78 is 0. The molecule has 1 unspecified atom stereocenters. The molecule has 1 aliphatic heterocycles. The van der Waals surface area contributed by atoms with Gasteiger partial charge in [0.05, 0.1) is 0 Å². The van der Waals surface area contributed by atoms with Gasteiger partial charge >= 0.3 is 0 Å². The maximum absolute atomic E-state index is 4.31. The molecule has 0 saturated carbocycles. The first-order valence-corrected chi connectivity index (χ1v) is 6.62. The van der Waals surface area contributed by atoms with Crippen molar-refractivity contribution in [2.75, 3.05) is 44.4 Å². The summed E-state index contributed by atoms with van der Waals surface area (Å²) in [5, 5.41) is 6.54. The Morgan fingerprint density at radius 3 is 2.89 bits per heavy atom. The van der Waals surface area contributed by atoms with Gasteiger partial charge < -0.3 is 15.5 Å². The predicted octanol–water partition coefficient (Wildman–Crippen LogP) is 1.58. The van der Waals surface area contributed by atoms with Crippen molar-refractivity contribution in [1.29, 1.82) is 0 Å². The van der Waals surface area contributed by atoms with E-state index in [2.05, 4.69) is 32.5 Å². The van der Waals surface area contributed by atoms with Gasteiger partial charge in [0.1, 0.15) is 18.0 Å². The van der Waals surface area contributed by atoms with Crippen molar-refractivity contribution >= 4 is 11.6 Å². The van der Waals surface area contributed by atoms with E-state index >= 15 is 0 Å². The average Bonchev–Trinajstić information content (AvgIpc) is 2.38. The molecule has 0 radical (unpaired) electrons. The van der Waals surface area contributed by atoms with Crippen LogP contribution in [-0.2, 0) is 0 Å². The zero-order valence-corrected chi connectivity index (χ0v) is 11.5. The van der Waals surface area contributed by atoms with E-state index in [1.807, 2.05) is 14.0 Å². The van der Waals surface area contributed by atoms with Gasteiger partial charge in [0.25, 0.3) is 0 Å². The van der Waals surface area contributed by atoms with Crippen LogP contribution in [0, 0.1) is 12.8 Å². The zero-order valence-electron chi connectivity index (χ0n) is 11.5. The van der Waals surface area contributed by atoms with Crippen molar-refractivity contribution in [2.45, 2.75) is 19.8 Å². The molecule has 2 rings (SSSR count). The second-order valence-electron chi connectivity index (χ2n) is 5.10. The summed E-state index contributed by atoms with van der Waals surface area (Å²) in [6.45, 7) is 5.44. The smallest absolute Gasteiger partial charge is 0.134 e. The Hall–Kier alpha value is -1.36. The molecular weight excluding hydrogens is 226 g/mol. The van der Waals surface area contributed by atoms with Crippen LogP contribution in [-0.4, -0.2) is 48.6 Å². The Kier molecular flexibility index (Phi) is 4.36. The third kappa shape index (κ3) is 3.10. The van der Waals surface area contributed by atoms with E-state index in [0.29, 0.717) is 0 Å². The minimum absolute atomic E-state index is 0.719. The fourth-order valence-electron chi connectivity index (χ4n) is 2.56. The van der Waals surface area contributed by atoms with E-state index in [1.54, 1.807) is 6.33 Å². The highest BCUT2D eigenvalue weighted by Crippen LogP contribution is 2.20. The highest BCUT2D eigenvalue weighted by atomic mass is 15.1. The predicted molar refractivity (Wildman–Crippen MR) is 75.0 cm³/mol. The first-order valence-electron chi connectivity index (χ1n) is 6.62. The number of aromatic nitrogens is 2. The lowest BCUT2D eigenvalue weighted by Crippen LogP contribution is -2.35. The number of hydrogen-bond donors (Lipinski definition) is 2. The van der Waals surface area contributed by atoms with Gasteiger partial charge in [0.15, 0.2) is 0 Å². The lowest BCUT2D eigenvalue weighted by molar-refractivity contribution is 0.217. The molecule has 100 valence electrons. The minimum atomic E-state index is 0.719. The van der Waals surface area contributed by atoms with Gasteiger partial charge in [-0.3, -0.25) is 0 Å². The highest BCUT2D eigenvalue weighted by Gasteiger charge is 2.17. The normalized spacial score (nSPS) is 20.7. The second-order valence-corrected chi connectivity index (χ2v) is 5.10. The standard InChI is InChI=1S/C13H23N5/c1-10-12(14-2)16-9-17-13(10)15-7-11-5-4-6-18(3)8-11/h9,11H,4-8H2,1-3H3,(H2,14,15,16,17). The lowest BCUT2D eigenvalue weighted by atomic mass is 9.98. The zero-order chi connectivity index (χ0) is 13.0. The summed E-state index contributed by atoms with van der Waals surface area (Å²) in [7, 11) is 4.08. The third-order valence-corrected chi connectivity index (χ3v) is 3.60. The molecule has 0 aromatic carbocycles. The first kappa shape index (κ1) is 13.1. The minimum Gasteiger partial charge on any atom is -0.373 e.